The molecule has 2 aromatic rings. The Bertz CT molecular complexity index is 643. The van der Waals surface area contributed by atoms with Crippen LogP contribution in [0.15, 0.2) is 24.5 Å². The number of benzene rings is 1. The molecule has 104 valence electrons. The summed E-state index contributed by atoms with van der Waals surface area (Å²) in [7, 11) is 0. The Morgan fingerprint density at radius 1 is 1.20 bits per heavy atom. The molecule has 1 aliphatic carbocycles. The highest BCUT2D eigenvalue weighted by molar-refractivity contribution is 6.39. The minimum absolute atomic E-state index is 0.142. The van der Waals surface area contributed by atoms with E-state index in [-0.39, 0.29) is 6.04 Å². The van der Waals surface area contributed by atoms with Crippen molar-refractivity contribution in [2.24, 2.45) is 0 Å². The van der Waals surface area contributed by atoms with Crippen molar-refractivity contribution in [2.75, 3.05) is 5.32 Å². The Hall–Kier alpha value is -2.37. The summed E-state index contributed by atoms with van der Waals surface area (Å²) in [4.78, 5) is 30.7. The zero-order valence-electron chi connectivity index (χ0n) is 11.0. The van der Waals surface area contributed by atoms with E-state index in [1.54, 1.807) is 24.5 Å². The van der Waals surface area contributed by atoms with E-state index in [1.807, 2.05) is 0 Å². The lowest BCUT2D eigenvalue weighted by molar-refractivity contribution is -0.136. The van der Waals surface area contributed by atoms with E-state index in [2.05, 4.69) is 20.6 Å². The zero-order valence-corrected chi connectivity index (χ0v) is 11.0. The van der Waals surface area contributed by atoms with Crippen LogP contribution < -0.4 is 10.6 Å². The molecule has 0 bridgehead atoms. The van der Waals surface area contributed by atoms with Crippen LogP contribution in [0.4, 0.5) is 5.69 Å². The fourth-order valence-electron chi connectivity index (χ4n) is 2.52. The van der Waals surface area contributed by atoms with Crippen molar-refractivity contribution in [3.8, 4) is 0 Å². The molecule has 0 atom stereocenters. The molecule has 1 saturated carbocycles. The topological polar surface area (TPSA) is 86.9 Å². The van der Waals surface area contributed by atoms with Gasteiger partial charge in [0.1, 0.15) is 0 Å². The Labute approximate surface area is 116 Å². The molecular formula is C14H16N4O2. The molecule has 1 aromatic carbocycles. The maximum Gasteiger partial charge on any atom is 0.313 e. The lowest BCUT2D eigenvalue weighted by Crippen LogP contribution is -2.40. The molecule has 3 rings (SSSR count). The van der Waals surface area contributed by atoms with Gasteiger partial charge >= 0.3 is 11.8 Å². The molecule has 0 radical (unpaired) electrons. The van der Waals surface area contributed by atoms with Gasteiger partial charge in [0, 0.05) is 11.7 Å². The normalized spacial score (nSPS) is 15.4. The number of fused-ring (bicyclic) bond motifs is 1. The number of hydrogen-bond donors (Lipinski definition) is 3. The molecule has 1 heterocycles. The highest BCUT2D eigenvalue weighted by Gasteiger charge is 2.21. The second kappa shape index (κ2) is 5.32. The van der Waals surface area contributed by atoms with Crippen LogP contribution in [0, 0.1) is 0 Å². The molecular weight excluding hydrogens is 256 g/mol. The number of aromatic nitrogens is 2. The van der Waals surface area contributed by atoms with Gasteiger partial charge in [-0.15, -0.1) is 0 Å². The number of hydrogen-bond acceptors (Lipinski definition) is 3. The molecule has 6 heteroatoms. The van der Waals surface area contributed by atoms with Crippen LogP contribution in [0.25, 0.3) is 11.0 Å². The van der Waals surface area contributed by atoms with Crippen molar-refractivity contribution in [3.05, 3.63) is 24.5 Å². The van der Waals surface area contributed by atoms with Crippen molar-refractivity contribution in [3.63, 3.8) is 0 Å². The minimum Gasteiger partial charge on any atom is -0.345 e. The third-order valence-electron chi connectivity index (χ3n) is 3.57. The van der Waals surface area contributed by atoms with Gasteiger partial charge in [-0.3, -0.25) is 9.59 Å². The molecule has 2 amide bonds. The van der Waals surface area contributed by atoms with E-state index >= 15 is 0 Å². The third-order valence-corrected chi connectivity index (χ3v) is 3.57. The van der Waals surface area contributed by atoms with Gasteiger partial charge in [0.25, 0.3) is 0 Å². The predicted octanol–water partition coefficient (Wildman–Crippen LogP) is 1.56. The number of nitrogens with one attached hydrogen (secondary N) is 3. The SMILES string of the molecule is O=C(Nc1ccc2nc[nH]c2c1)C(=O)NC1CCCC1. The Morgan fingerprint density at radius 2 is 2.00 bits per heavy atom. The summed E-state index contributed by atoms with van der Waals surface area (Å²) >= 11 is 0. The number of nitrogens with zero attached hydrogens (tertiary/aromatic N) is 1. The van der Waals surface area contributed by atoms with Crippen molar-refractivity contribution in [2.45, 2.75) is 31.7 Å². The number of amides is 2. The first-order chi connectivity index (χ1) is 9.72. The Balaban J connectivity index is 1.63. The summed E-state index contributed by atoms with van der Waals surface area (Å²) in [5.74, 6) is -1.20. The number of rotatable bonds is 2. The predicted molar refractivity (Wildman–Crippen MR) is 75.1 cm³/mol. The third kappa shape index (κ3) is 2.64. The van der Waals surface area contributed by atoms with Gasteiger partial charge in [-0.1, -0.05) is 12.8 Å². The summed E-state index contributed by atoms with van der Waals surface area (Å²) in [6.07, 6.45) is 5.73. The lowest BCUT2D eigenvalue weighted by Gasteiger charge is -2.11. The van der Waals surface area contributed by atoms with Gasteiger partial charge in [0.2, 0.25) is 0 Å². The van der Waals surface area contributed by atoms with Crippen molar-refractivity contribution >= 4 is 28.5 Å². The largest absolute Gasteiger partial charge is 0.345 e. The first-order valence-corrected chi connectivity index (χ1v) is 6.77. The molecule has 0 unspecified atom stereocenters. The summed E-state index contributed by atoms with van der Waals surface area (Å²) < 4.78 is 0. The molecule has 1 aliphatic rings. The van der Waals surface area contributed by atoms with Gasteiger partial charge in [0.15, 0.2) is 0 Å². The minimum atomic E-state index is -0.629. The number of carbonyl (C=O) groups excluding carboxylic acids is 2. The van der Waals surface area contributed by atoms with Gasteiger partial charge in [-0.2, -0.15) is 0 Å². The van der Waals surface area contributed by atoms with Gasteiger partial charge < -0.3 is 15.6 Å². The van der Waals surface area contributed by atoms with Gasteiger partial charge in [0.05, 0.1) is 17.4 Å². The van der Waals surface area contributed by atoms with Crippen molar-refractivity contribution in [1.82, 2.24) is 15.3 Å². The van der Waals surface area contributed by atoms with Crippen molar-refractivity contribution in [1.29, 1.82) is 0 Å². The number of anilines is 1. The quantitative estimate of drug-likeness (QED) is 0.725. The fraction of sp³-hybridized carbons (Fsp3) is 0.357. The molecule has 1 aromatic heterocycles. The van der Waals surface area contributed by atoms with Gasteiger partial charge in [-0.05, 0) is 31.0 Å². The fourth-order valence-corrected chi connectivity index (χ4v) is 2.52. The smallest absolute Gasteiger partial charge is 0.313 e. The van der Waals surface area contributed by atoms with E-state index in [9.17, 15) is 9.59 Å². The van der Waals surface area contributed by atoms with Crippen LogP contribution in [0.5, 0.6) is 0 Å². The van der Waals surface area contributed by atoms with Crippen LogP contribution in [-0.2, 0) is 9.59 Å². The summed E-state index contributed by atoms with van der Waals surface area (Å²) in [6.45, 7) is 0. The van der Waals surface area contributed by atoms with E-state index in [1.165, 1.54) is 0 Å². The number of carbonyl (C=O) groups is 2. The molecule has 0 saturated heterocycles. The van der Waals surface area contributed by atoms with Gasteiger partial charge in [-0.25, -0.2) is 4.98 Å². The average Bonchev–Trinajstić information content (AvgIpc) is 3.08. The van der Waals surface area contributed by atoms with Crippen molar-refractivity contribution < 1.29 is 9.59 Å². The summed E-state index contributed by atoms with van der Waals surface area (Å²) in [5.41, 5.74) is 2.21. The molecule has 3 N–H and O–H groups in total. The molecule has 0 spiro atoms. The lowest BCUT2D eigenvalue weighted by atomic mass is 10.2. The average molecular weight is 272 g/mol. The van der Waals surface area contributed by atoms with E-state index in [4.69, 9.17) is 0 Å². The molecule has 1 fully saturated rings. The maximum absolute atomic E-state index is 11.8. The highest BCUT2D eigenvalue weighted by Crippen LogP contribution is 2.18. The summed E-state index contributed by atoms with van der Waals surface area (Å²) in [6, 6.07) is 5.41. The maximum atomic E-state index is 11.8. The second-order valence-electron chi connectivity index (χ2n) is 5.04. The molecule has 6 nitrogen and oxygen atoms in total. The molecule has 20 heavy (non-hydrogen) atoms. The number of imidazole rings is 1. The highest BCUT2D eigenvalue weighted by atomic mass is 16.2. The number of H-pyrrole nitrogens is 1. The van der Waals surface area contributed by atoms with Crippen LogP contribution in [0.3, 0.4) is 0 Å². The Kier molecular flexibility index (Phi) is 3.37. The standard InChI is InChI=1S/C14H16N4O2/c19-13(17-9-3-1-2-4-9)14(20)18-10-5-6-11-12(7-10)16-8-15-11/h5-9H,1-4H2,(H,15,16)(H,17,19)(H,18,20). The first-order valence-electron chi connectivity index (χ1n) is 6.77. The number of aromatic amines is 1. The van der Waals surface area contributed by atoms with Crippen LogP contribution in [0.2, 0.25) is 0 Å². The zero-order chi connectivity index (χ0) is 13.9. The monoisotopic (exact) mass is 272 g/mol. The van der Waals surface area contributed by atoms with E-state index in [0.717, 1.165) is 36.7 Å². The summed E-state index contributed by atoms with van der Waals surface area (Å²) in [5, 5.41) is 5.36. The Morgan fingerprint density at radius 3 is 2.80 bits per heavy atom. The first kappa shape index (κ1) is 12.7. The van der Waals surface area contributed by atoms with E-state index in [0.29, 0.717) is 5.69 Å². The molecule has 0 aliphatic heterocycles. The van der Waals surface area contributed by atoms with Crippen LogP contribution >= 0.6 is 0 Å². The van der Waals surface area contributed by atoms with Crippen LogP contribution in [0.1, 0.15) is 25.7 Å². The van der Waals surface area contributed by atoms with Crippen LogP contribution in [-0.4, -0.2) is 27.8 Å². The van der Waals surface area contributed by atoms with E-state index < -0.39 is 11.8 Å². The second-order valence-corrected chi connectivity index (χ2v) is 5.04.